The summed E-state index contributed by atoms with van der Waals surface area (Å²) in [5.74, 6) is 0.227. The van der Waals surface area contributed by atoms with Crippen molar-refractivity contribution in [3.05, 3.63) is 64.7 Å². The second-order valence-corrected chi connectivity index (χ2v) is 5.79. The van der Waals surface area contributed by atoms with Crippen LogP contribution in [0.2, 0.25) is 0 Å². The van der Waals surface area contributed by atoms with Crippen molar-refractivity contribution >= 4 is 24.1 Å². The lowest BCUT2D eigenvalue weighted by Crippen LogP contribution is -2.08. The van der Waals surface area contributed by atoms with Crippen molar-refractivity contribution in [3.8, 4) is 11.4 Å². The normalized spacial score (nSPS) is 11.1. The van der Waals surface area contributed by atoms with Crippen molar-refractivity contribution in [1.29, 1.82) is 0 Å². The molecule has 0 radical (unpaired) electrons. The van der Waals surface area contributed by atoms with Crippen LogP contribution in [0.5, 0.6) is 0 Å². The third-order valence-corrected chi connectivity index (χ3v) is 3.75. The first-order valence-corrected chi connectivity index (χ1v) is 7.70. The van der Waals surface area contributed by atoms with Crippen LogP contribution in [0.25, 0.3) is 11.4 Å². The molecule has 0 fully saturated rings. The van der Waals surface area contributed by atoms with Crippen LogP contribution in [0.15, 0.2) is 53.6 Å². The van der Waals surface area contributed by atoms with Crippen LogP contribution < -0.4 is 4.90 Å². The molecule has 2 aromatic carbocycles. The molecule has 24 heavy (non-hydrogen) atoms. The monoisotopic (exact) mass is 341 g/mol. The number of aromatic nitrogens is 3. The van der Waals surface area contributed by atoms with Crippen molar-refractivity contribution in [2.45, 2.75) is 0 Å². The number of aromatic amines is 1. The van der Waals surface area contributed by atoms with Gasteiger partial charge in [0.25, 0.3) is 0 Å². The lowest BCUT2D eigenvalue weighted by Gasteiger charge is -2.11. The van der Waals surface area contributed by atoms with Gasteiger partial charge in [-0.3, -0.25) is 0 Å². The summed E-state index contributed by atoms with van der Waals surface area (Å²) in [6.07, 6.45) is 1.71. The van der Waals surface area contributed by atoms with E-state index in [-0.39, 0.29) is 5.82 Å². The van der Waals surface area contributed by atoms with Gasteiger partial charge in [0.15, 0.2) is 5.82 Å². The molecular formula is C17H16FN5S. The SMILES string of the molecule is CN(C)c1ccc(/C=N\n2c(-c3ccc(F)cc3)n[nH]c2=S)cc1. The molecule has 1 aromatic heterocycles. The molecule has 0 saturated heterocycles. The molecule has 0 aliphatic heterocycles. The van der Waals surface area contributed by atoms with Gasteiger partial charge in [-0.25, -0.2) is 9.49 Å². The number of anilines is 1. The number of benzene rings is 2. The summed E-state index contributed by atoms with van der Waals surface area (Å²) in [5.41, 5.74) is 2.77. The Morgan fingerprint density at radius 3 is 2.42 bits per heavy atom. The molecule has 7 heteroatoms. The molecule has 0 aliphatic rings. The lowest BCUT2D eigenvalue weighted by molar-refractivity contribution is 0.628. The van der Waals surface area contributed by atoms with Crippen LogP contribution in [0.4, 0.5) is 10.1 Å². The molecule has 0 atom stereocenters. The number of hydrogen-bond donors (Lipinski definition) is 1. The molecule has 0 unspecified atom stereocenters. The van der Waals surface area contributed by atoms with Crippen LogP contribution >= 0.6 is 12.2 Å². The van der Waals surface area contributed by atoms with E-state index in [0.717, 1.165) is 16.8 Å². The Bertz CT molecular complexity index is 907. The molecule has 3 aromatic rings. The largest absolute Gasteiger partial charge is 0.378 e. The Balaban J connectivity index is 1.91. The third kappa shape index (κ3) is 3.41. The summed E-state index contributed by atoms with van der Waals surface area (Å²) < 4.78 is 15.0. The van der Waals surface area contributed by atoms with E-state index in [1.54, 1.807) is 18.3 Å². The van der Waals surface area contributed by atoms with Gasteiger partial charge in [0.2, 0.25) is 4.77 Å². The Morgan fingerprint density at radius 2 is 1.79 bits per heavy atom. The topological polar surface area (TPSA) is 49.2 Å². The number of rotatable bonds is 4. The van der Waals surface area contributed by atoms with Crippen LogP contribution in [-0.4, -0.2) is 35.2 Å². The van der Waals surface area contributed by atoms with Gasteiger partial charge < -0.3 is 4.90 Å². The molecule has 0 saturated carbocycles. The minimum atomic E-state index is -0.302. The van der Waals surface area contributed by atoms with E-state index in [1.165, 1.54) is 16.8 Å². The molecule has 5 nitrogen and oxygen atoms in total. The maximum absolute atomic E-state index is 13.1. The van der Waals surface area contributed by atoms with E-state index < -0.39 is 0 Å². The Kier molecular flexibility index (Phi) is 4.52. The first-order chi connectivity index (χ1) is 11.5. The molecule has 0 spiro atoms. The molecule has 0 aliphatic carbocycles. The van der Waals surface area contributed by atoms with Gasteiger partial charge in [0.05, 0.1) is 6.21 Å². The van der Waals surface area contributed by atoms with Crippen LogP contribution in [0, 0.1) is 10.6 Å². The zero-order chi connectivity index (χ0) is 17.1. The molecule has 0 bridgehead atoms. The van der Waals surface area contributed by atoms with Gasteiger partial charge in [-0.2, -0.15) is 14.9 Å². The number of halogens is 1. The summed E-state index contributed by atoms with van der Waals surface area (Å²) in [6, 6.07) is 14.0. The Labute approximate surface area is 144 Å². The maximum atomic E-state index is 13.1. The first-order valence-electron chi connectivity index (χ1n) is 7.30. The number of nitrogens with one attached hydrogen (secondary N) is 1. The van der Waals surface area contributed by atoms with E-state index in [2.05, 4.69) is 15.3 Å². The van der Waals surface area contributed by atoms with E-state index in [0.29, 0.717) is 10.6 Å². The van der Waals surface area contributed by atoms with Crippen molar-refractivity contribution < 1.29 is 4.39 Å². The average Bonchev–Trinajstić information content (AvgIpc) is 2.95. The highest BCUT2D eigenvalue weighted by molar-refractivity contribution is 7.71. The predicted molar refractivity (Wildman–Crippen MR) is 96.6 cm³/mol. The van der Waals surface area contributed by atoms with Crippen molar-refractivity contribution in [2.24, 2.45) is 5.10 Å². The van der Waals surface area contributed by atoms with Gasteiger partial charge >= 0.3 is 0 Å². The fourth-order valence-corrected chi connectivity index (χ4v) is 2.35. The Morgan fingerprint density at radius 1 is 1.12 bits per heavy atom. The van der Waals surface area contributed by atoms with Crippen LogP contribution in [0.3, 0.4) is 0 Å². The minimum Gasteiger partial charge on any atom is -0.378 e. The number of hydrogen-bond acceptors (Lipinski definition) is 4. The highest BCUT2D eigenvalue weighted by atomic mass is 32.1. The summed E-state index contributed by atoms with van der Waals surface area (Å²) in [6.45, 7) is 0. The highest BCUT2D eigenvalue weighted by Gasteiger charge is 2.08. The highest BCUT2D eigenvalue weighted by Crippen LogP contribution is 2.18. The molecule has 1 heterocycles. The molecule has 3 rings (SSSR count). The van der Waals surface area contributed by atoms with E-state index in [9.17, 15) is 4.39 Å². The second kappa shape index (κ2) is 6.76. The molecule has 122 valence electrons. The molecule has 1 N–H and O–H groups in total. The number of nitrogens with zero attached hydrogens (tertiary/aromatic N) is 4. The summed E-state index contributed by atoms with van der Waals surface area (Å²) in [5, 5.41) is 11.3. The van der Waals surface area contributed by atoms with Crippen molar-refractivity contribution in [1.82, 2.24) is 14.9 Å². The zero-order valence-electron chi connectivity index (χ0n) is 13.3. The molecular weight excluding hydrogens is 325 g/mol. The van der Waals surface area contributed by atoms with Gasteiger partial charge in [-0.1, -0.05) is 12.1 Å². The summed E-state index contributed by atoms with van der Waals surface area (Å²) in [7, 11) is 3.98. The molecule has 0 amide bonds. The number of H-pyrrole nitrogens is 1. The predicted octanol–water partition coefficient (Wildman–Crippen LogP) is 3.69. The van der Waals surface area contributed by atoms with Gasteiger partial charge in [-0.15, -0.1) is 0 Å². The standard InChI is InChI=1S/C17H16FN5S/c1-22(2)15-9-3-12(4-10-15)11-19-23-16(20-21-17(23)24)13-5-7-14(18)8-6-13/h3-11H,1-2H3,(H,21,24)/b19-11-. The zero-order valence-corrected chi connectivity index (χ0v) is 14.1. The van der Waals surface area contributed by atoms with Crippen molar-refractivity contribution in [2.75, 3.05) is 19.0 Å². The lowest BCUT2D eigenvalue weighted by atomic mass is 10.2. The summed E-state index contributed by atoms with van der Waals surface area (Å²) >= 11 is 5.22. The maximum Gasteiger partial charge on any atom is 0.216 e. The fourth-order valence-electron chi connectivity index (χ4n) is 2.17. The second-order valence-electron chi connectivity index (χ2n) is 5.40. The third-order valence-electron chi connectivity index (χ3n) is 3.48. The quantitative estimate of drug-likeness (QED) is 0.581. The average molecular weight is 341 g/mol. The Hall–Kier alpha value is -2.80. The van der Waals surface area contributed by atoms with Gasteiger partial charge in [0.1, 0.15) is 5.82 Å². The van der Waals surface area contributed by atoms with E-state index in [4.69, 9.17) is 12.2 Å². The van der Waals surface area contributed by atoms with Crippen LogP contribution in [0.1, 0.15) is 5.56 Å². The van der Waals surface area contributed by atoms with Gasteiger partial charge in [-0.05, 0) is 54.2 Å². The van der Waals surface area contributed by atoms with Gasteiger partial charge in [0, 0.05) is 25.3 Å². The van der Waals surface area contributed by atoms with Crippen molar-refractivity contribution in [3.63, 3.8) is 0 Å². The first kappa shape index (κ1) is 16.1. The fraction of sp³-hybridized carbons (Fsp3) is 0.118. The van der Waals surface area contributed by atoms with E-state index in [1.807, 2.05) is 43.3 Å². The van der Waals surface area contributed by atoms with E-state index >= 15 is 0 Å². The smallest absolute Gasteiger partial charge is 0.216 e. The summed E-state index contributed by atoms with van der Waals surface area (Å²) in [4.78, 5) is 2.03. The minimum absolute atomic E-state index is 0.302. The van der Waals surface area contributed by atoms with Crippen LogP contribution in [-0.2, 0) is 0 Å².